The van der Waals surface area contributed by atoms with E-state index in [4.69, 9.17) is 9.72 Å². The van der Waals surface area contributed by atoms with Crippen molar-refractivity contribution in [3.63, 3.8) is 0 Å². The van der Waals surface area contributed by atoms with Crippen LogP contribution in [0.2, 0.25) is 0 Å². The summed E-state index contributed by atoms with van der Waals surface area (Å²) >= 11 is 0. The second-order valence-corrected chi connectivity index (χ2v) is 7.49. The average Bonchev–Trinajstić information content (AvgIpc) is 3.12. The highest BCUT2D eigenvalue weighted by Gasteiger charge is 2.36. The van der Waals surface area contributed by atoms with Crippen molar-refractivity contribution >= 4 is 11.6 Å². The fraction of sp³-hybridized carbons (Fsp3) is 0.500. The number of ketones is 2. The molecule has 28 heavy (non-hydrogen) atoms. The van der Waals surface area contributed by atoms with Crippen LogP contribution in [-0.4, -0.2) is 58.9 Å². The molecule has 2 heterocycles. The molecule has 4 rings (SSSR count). The Morgan fingerprint density at radius 1 is 1.00 bits per heavy atom. The number of hydrogen-bond donors (Lipinski definition) is 0. The van der Waals surface area contributed by atoms with E-state index in [-0.39, 0.29) is 17.5 Å². The molecule has 1 saturated heterocycles. The van der Waals surface area contributed by atoms with Gasteiger partial charge in [0, 0.05) is 43.2 Å². The van der Waals surface area contributed by atoms with Gasteiger partial charge in [0.1, 0.15) is 17.2 Å². The van der Waals surface area contributed by atoms with Crippen molar-refractivity contribution in [3.8, 4) is 0 Å². The summed E-state index contributed by atoms with van der Waals surface area (Å²) in [6.45, 7) is 9.02. The van der Waals surface area contributed by atoms with Gasteiger partial charge in [-0.05, 0) is 12.8 Å². The van der Waals surface area contributed by atoms with E-state index in [0.717, 1.165) is 51.5 Å². The molecule has 0 amide bonds. The Balaban J connectivity index is 1.76. The molecular formula is C22H27N3O3. The lowest BCUT2D eigenvalue weighted by Gasteiger charge is -2.27. The molecule has 1 aliphatic heterocycles. The second-order valence-electron chi connectivity index (χ2n) is 7.49. The fourth-order valence-electron chi connectivity index (χ4n) is 4.25. The lowest BCUT2D eigenvalue weighted by Crippen LogP contribution is -2.38. The Morgan fingerprint density at radius 3 is 2.29 bits per heavy atom. The summed E-state index contributed by atoms with van der Waals surface area (Å²) in [5.74, 6) is 0.885. The van der Waals surface area contributed by atoms with Crippen molar-refractivity contribution in [2.45, 2.75) is 39.2 Å². The van der Waals surface area contributed by atoms with Gasteiger partial charge in [0.2, 0.25) is 11.6 Å². The predicted octanol–water partition coefficient (Wildman–Crippen LogP) is 2.89. The number of aromatic nitrogens is 2. The van der Waals surface area contributed by atoms with Crippen LogP contribution in [0.5, 0.6) is 0 Å². The Labute approximate surface area is 165 Å². The first kappa shape index (κ1) is 19.0. The zero-order chi connectivity index (χ0) is 19.7. The number of morpholine rings is 1. The minimum Gasteiger partial charge on any atom is -0.379 e. The van der Waals surface area contributed by atoms with Crippen LogP contribution in [0.15, 0.2) is 24.3 Å². The van der Waals surface area contributed by atoms with Gasteiger partial charge in [0.15, 0.2) is 0 Å². The first-order chi connectivity index (χ1) is 13.7. The average molecular weight is 381 g/mol. The molecule has 0 saturated carbocycles. The van der Waals surface area contributed by atoms with Crippen molar-refractivity contribution in [1.82, 2.24) is 14.5 Å². The number of carbonyl (C=O) groups is 2. The zero-order valence-electron chi connectivity index (χ0n) is 16.6. The number of benzene rings is 1. The molecule has 0 radical (unpaired) electrons. The molecule has 1 aromatic carbocycles. The molecule has 0 atom stereocenters. The molecule has 1 aromatic heterocycles. The maximum absolute atomic E-state index is 13.3. The first-order valence-electron chi connectivity index (χ1n) is 10.2. The van der Waals surface area contributed by atoms with E-state index in [0.29, 0.717) is 29.1 Å². The van der Waals surface area contributed by atoms with Gasteiger partial charge in [-0.15, -0.1) is 0 Å². The van der Waals surface area contributed by atoms with Crippen LogP contribution in [0.3, 0.4) is 0 Å². The molecule has 1 aliphatic carbocycles. The third-order valence-electron chi connectivity index (χ3n) is 5.94. The van der Waals surface area contributed by atoms with Gasteiger partial charge in [0.25, 0.3) is 0 Å². The van der Waals surface area contributed by atoms with Crippen LogP contribution in [0.1, 0.15) is 70.5 Å². The van der Waals surface area contributed by atoms with Crippen molar-refractivity contribution in [3.05, 3.63) is 52.6 Å². The SMILES string of the molecule is CCC(CC)c1nc2c(n1CCN1CCOCC1)C(=O)c1ccccc1C2=O. The number of hydrogen-bond acceptors (Lipinski definition) is 5. The van der Waals surface area contributed by atoms with E-state index in [9.17, 15) is 9.59 Å². The standard InChI is InChI=1S/C22H27N3O3/c1-3-15(4-2)22-23-18-19(25(22)10-9-24-11-13-28-14-12-24)21(27)17-8-6-5-7-16(17)20(18)26/h5-8,15H,3-4,9-14H2,1-2H3. The number of nitrogens with zero attached hydrogens (tertiary/aromatic N) is 3. The fourth-order valence-corrected chi connectivity index (χ4v) is 4.25. The van der Waals surface area contributed by atoms with E-state index in [1.807, 2.05) is 10.6 Å². The molecular weight excluding hydrogens is 354 g/mol. The van der Waals surface area contributed by atoms with Crippen LogP contribution in [0.25, 0.3) is 0 Å². The van der Waals surface area contributed by atoms with Gasteiger partial charge in [-0.2, -0.15) is 0 Å². The summed E-state index contributed by atoms with van der Waals surface area (Å²) in [7, 11) is 0. The Bertz CT molecular complexity index is 892. The van der Waals surface area contributed by atoms with Gasteiger partial charge in [-0.25, -0.2) is 4.98 Å². The van der Waals surface area contributed by atoms with Gasteiger partial charge >= 0.3 is 0 Å². The van der Waals surface area contributed by atoms with Crippen LogP contribution in [-0.2, 0) is 11.3 Å². The van der Waals surface area contributed by atoms with Crippen LogP contribution in [0, 0.1) is 0 Å². The minimum absolute atomic E-state index is 0.0862. The Hall–Kier alpha value is -2.31. The molecule has 2 aromatic rings. The van der Waals surface area contributed by atoms with E-state index in [1.165, 1.54) is 0 Å². The molecule has 6 heteroatoms. The molecule has 0 spiro atoms. The predicted molar refractivity (Wildman–Crippen MR) is 106 cm³/mol. The maximum atomic E-state index is 13.3. The van der Waals surface area contributed by atoms with Crippen molar-refractivity contribution in [1.29, 1.82) is 0 Å². The number of ether oxygens (including phenoxy) is 1. The highest BCUT2D eigenvalue weighted by atomic mass is 16.5. The summed E-state index contributed by atoms with van der Waals surface area (Å²) in [4.78, 5) is 33.4. The van der Waals surface area contributed by atoms with E-state index in [1.54, 1.807) is 18.2 Å². The zero-order valence-corrected chi connectivity index (χ0v) is 16.6. The van der Waals surface area contributed by atoms with E-state index in [2.05, 4.69) is 18.7 Å². The smallest absolute Gasteiger partial charge is 0.214 e. The lowest BCUT2D eigenvalue weighted by molar-refractivity contribution is 0.0361. The lowest BCUT2D eigenvalue weighted by atomic mass is 9.90. The van der Waals surface area contributed by atoms with Gasteiger partial charge < -0.3 is 9.30 Å². The van der Waals surface area contributed by atoms with Crippen LogP contribution in [0.4, 0.5) is 0 Å². The number of imidazole rings is 1. The van der Waals surface area contributed by atoms with Crippen molar-refractivity contribution in [2.75, 3.05) is 32.8 Å². The largest absolute Gasteiger partial charge is 0.379 e. The molecule has 1 fully saturated rings. The van der Waals surface area contributed by atoms with Crippen LogP contribution >= 0.6 is 0 Å². The second kappa shape index (κ2) is 7.97. The molecule has 6 nitrogen and oxygen atoms in total. The maximum Gasteiger partial charge on any atom is 0.214 e. The monoisotopic (exact) mass is 381 g/mol. The molecule has 2 aliphatic rings. The van der Waals surface area contributed by atoms with Crippen molar-refractivity contribution < 1.29 is 14.3 Å². The molecule has 0 bridgehead atoms. The summed E-state index contributed by atoms with van der Waals surface area (Å²) in [5, 5.41) is 0. The van der Waals surface area contributed by atoms with E-state index >= 15 is 0 Å². The summed E-state index contributed by atoms with van der Waals surface area (Å²) in [6.07, 6.45) is 1.86. The third kappa shape index (κ3) is 3.20. The summed E-state index contributed by atoms with van der Waals surface area (Å²) < 4.78 is 7.46. The Morgan fingerprint density at radius 2 is 1.64 bits per heavy atom. The quantitative estimate of drug-likeness (QED) is 0.657. The van der Waals surface area contributed by atoms with Gasteiger partial charge in [-0.3, -0.25) is 14.5 Å². The normalized spacial score (nSPS) is 17.1. The van der Waals surface area contributed by atoms with Gasteiger partial charge in [-0.1, -0.05) is 38.1 Å². The van der Waals surface area contributed by atoms with Crippen molar-refractivity contribution in [2.24, 2.45) is 0 Å². The summed E-state index contributed by atoms with van der Waals surface area (Å²) in [6, 6.07) is 7.08. The highest BCUT2D eigenvalue weighted by Crippen LogP contribution is 2.32. The Kier molecular flexibility index (Phi) is 5.42. The number of carbonyl (C=O) groups excluding carboxylic acids is 2. The first-order valence-corrected chi connectivity index (χ1v) is 10.2. The molecule has 0 unspecified atom stereocenters. The molecule has 148 valence electrons. The topological polar surface area (TPSA) is 64.4 Å². The third-order valence-corrected chi connectivity index (χ3v) is 5.94. The highest BCUT2D eigenvalue weighted by molar-refractivity contribution is 6.27. The minimum atomic E-state index is -0.137. The summed E-state index contributed by atoms with van der Waals surface area (Å²) in [5.41, 5.74) is 1.75. The number of fused-ring (bicyclic) bond motifs is 2. The number of rotatable bonds is 6. The van der Waals surface area contributed by atoms with E-state index < -0.39 is 0 Å². The van der Waals surface area contributed by atoms with Gasteiger partial charge in [0.05, 0.1) is 13.2 Å². The van der Waals surface area contributed by atoms with Crippen LogP contribution < -0.4 is 0 Å². The molecule has 0 N–H and O–H groups in total.